The molecule has 0 saturated carbocycles. The third-order valence-corrected chi connectivity index (χ3v) is 3.92. The van der Waals surface area contributed by atoms with Crippen molar-refractivity contribution in [3.63, 3.8) is 0 Å². The van der Waals surface area contributed by atoms with E-state index in [9.17, 15) is 4.79 Å². The average Bonchev–Trinajstić information content (AvgIpc) is 2.37. The van der Waals surface area contributed by atoms with Crippen LogP contribution in [0.3, 0.4) is 0 Å². The van der Waals surface area contributed by atoms with Crippen LogP contribution < -0.4 is 11.3 Å². The Bertz CT molecular complexity index is 525. The van der Waals surface area contributed by atoms with Crippen molar-refractivity contribution in [2.24, 2.45) is 16.3 Å². The molecule has 0 spiro atoms. The second kappa shape index (κ2) is 7.33. The highest BCUT2D eigenvalue weighted by Crippen LogP contribution is 2.25. The molecule has 1 heterocycles. The van der Waals surface area contributed by atoms with Gasteiger partial charge in [0.25, 0.3) is 5.56 Å². The molecule has 1 rings (SSSR count). The summed E-state index contributed by atoms with van der Waals surface area (Å²) in [6.07, 6.45) is 2.47. The molecule has 0 amide bonds. The van der Waals surface area contributed by atoms with Crippen molar-refractivity contribution >= 4 is 17.6 Å². The molecule has 20 heavy (non-hydrogen) atoms. The number of hydrogen-bond donors (Lipinski definition) is 3. The second-order valence-corrected chi connectivity index (χ2v) is 6.34. The molecular weight excluding hydrogens is 276 g/mol. The van der Waals surface area contributed by atoms with Gasteiger partial charge in [0.1, 0.15) is 5.84 Å². The fourth-order valence-electron chi connectivity index (χ4n) is 1.60. The molecule has 0 saturated heterocycles. The molecule has 0 atom stereocenters. The summed E-state index contributed by atoms with van der Waals surface area (Å²) < 4.78 is 0. The van der Waals surface area contributed by atoms with Gasteiger partial charge in [-0.1, -0.05) is 44.1 Å². The number of thioether (sulfide) groups is 1. The third kappa shape index (κ3) is 4.88. The van der Waals surface area contributed by atoms with Crippen molar-refractivity contribution in [2.75, 3.05) is 5.75 Å². The summed E-state index contributed by atoms with van der Waals surface area (Å²) in [4.78, 5) is 18.6. The minimum absolute atomic E-state index is 0.123. The molecule has 1 aromatic rings. The van der Waals surface area contributed by atoms with E-state index in [1.165, 1.54) is 17.8 Å². The summed E-state index contributed by atoms with van der Waals surface area (Å²) >= 11 is 1.47. The van der Waals surface area contributed by atoms with E-state index in [4.69, 9.17) is 10.9 Å². The van der Waals surface area contributed by atoms with Crippen LogP contribution in [0.2, 0.25) is 0 Å². The Morgan fingerprint density at radius 2 is 2.30 bits per heavy atom. The van der Waals surface area contributed by atoms with Crippen LogP contribution in [0.4, 0.5) is 0 Å². The predicted molar refractivity (Wildman–Crippen MR) is 81.4 cm³/mol. The van der Waals surface area contributed by atoms with Crippen LogP contribution in [0.1, 0.15) is 39.3 Å². The number of hydrogen-bond acceptors (Lipinski definition) is 5. The fourth-order valence-corrected chi connectivity index (χ4v) is 2.76. The van der Waals surface area contributed by atoms with Gasteiger partial charge in [-0.25, -0.2) is 4.98 Å². The molecule has 0 bridgehead atoms. The Labute approximate surface area is 122 Å². The van der Waals surface area contributed by atoms with E-state index in [-0.39, 0.29) is 16.8 Å². The van der Waals surface area contributed by atoms with Crippen LogP contribution in [-0.4, -0.2) is 26.8 Å². The zero-order chi connectivity index (χ0) is 15.2. The second-order valence-electron chi connectivity index (χ2n) is 5.26. The predicted octanol–water partition coefficient (Wildman–Crippen LogP) is 1.98. The Balaban J connectivity index is 2.64. The maximum Gasteiger partial charge on any atom is 0.251 e. The number of aryl methyl sites for hydroxylation is 1. The number of nitrogens with one attached hydrogen (secondary N) is 1. The van der Waals surface area contributed by atoms with Crippen molar-refractivity contribution in [1.29, 1.82) is 0 Å². The molecule has 7 heteroatoms. The van der Waals surface area contributed by atoms with Gasteiger partial charge in [0, 0.05) is 22.9 Å². The summed E-state index contributed by atoms with van der Waals surface area (Å²) in [5, 5.41) is 12.4. The zero-order valence-corrected chi connectivity index (χ0v) is 13.0. The van der Waals surface area contributed by atoms with Gasteiger partial charge in [-0.05, 0) is 12.8 Å². The maximum atomic E-state index is 11.5. The van der Waals surface area contributed by atoms with Gasteiger partial charge >= 0.3 is 0 Å². The first-order valence-electron chi connectivity index (χ1n) is 6.60. The van der Waals surface area contributed by atoms with Gasteiger partial charge in [-0.3, -0.25) is 4.79 Å². The number of amidine groups is 1. The Morgan fingerprint density at radius 1 is 1.60 bits per heavy atom. The van der Waals surface area contributed by atoms with Crippen molar-refractivity contribution in [3.05, 3.63) is 22.1 Å². The zero-order valence-electron chi connectivity index (χ0n) is 12.1. The van der Waals surface area contributed by atoms with Crippen molar-refractivity contribution in [3.8, 4) is 0 Å². The molecule has 0 radical (unpaired) electrons. The SMILES string of the molecule is CCCc1cc(=O)[nH]c(SCCC(C)(C)C(N)=NO)n1. The van der Waals surface area contributed by atoms with Crippen LogP contribution in [0.15, 0.2) is 21.2 Å². The van der Waals surface area contributed by atoms with E-state index in [1.54, 1.807) is 0 Å². The lowest BCUT2D eigenvalue weighted by atomic mass is 9.89. The van der Waals surface area contributed by atoms with Crippen LogP contribution >= 0.6 is 11.8 Å². The maximum absolute atomic E-state index is 11.5. The standard InChI is InChI=1S/C13H22N4O2S/c1-4-5-9-8-10(18)16-12(15-9)20-7-6-13(2,3)11(14)17-19/h8,19H,4-7H2,1-3H3,(H2,14,17)(H,15,16,18). The number of aromatic amines is 1. The summed E-state index contributed by atoms with van der Waals surface area (Å²) in [6.45, 7) is 5.87. The van der Waals surface area contributed by atoms with Crippen molar-refractivity contribution in [1.82, 2.24) is 9.97 Å². The van der Waals surface area contributed by atoms with E-state index in [0.717, 1.165) is 30.7 Å². The molecule has 0 aliphatic carbocycles. The number of oxime groups is 1. The molecule has 0 aliphatic heterocycles. The lowest BCUT2D eigenvalue weighted by Gasteiger charge is -2.22. The molecule has 4 N–H and O–H groups in total. The molecule has 6 nitrogen and oxygen atoms in total. The van der Waals surface area contributed by atoms with Crippen molar-refractivity contribution in [2.45, 2.75) is 45.2 Å². The number of aromatic nitrogens is 2. The van der Waals surface area contributed by atoms with Crippen LogP contribution in [-0.2, 0) is 6.42 Å². The van der Waals surface area contributed by atoms with E-state index in [1.807, 2.05) is 13.8 Å². The van der Waals surface area contributed by atoms with Gasteiger partial charge in [-0.2, -0.15) is 0 Å². The molecule has 112 valence electrons. The highest BCUT2D eigenvalue weighted by atomic mass is 32.2. The lowest BCUT2D eigenvalue weighted by Crippen LogP contribution is -2.32. The molecule has 1 aromatic heterocycles. The summed E-state index contributed by atoms with van der Waals surface area (Å²) in [5.41, 5.74) is 5.94. The molecular formula is C13H22N4O2S. The van der Waals surface area contributed by atoms with E-state index in [0.29, 0.717) is 5.16 Å². The van der Waals surface area contributed by atoms with Gasteiger partial charge in [-0.15, -0.1) is 0 Å². The van der Waals surface area contributed by atoms with E-state index < -0.39 is 0 Å². The highest BCUT2D eigenvalue weighted by Gasteiger charge is 2.23. The largest absolute Gasteiger partial charge is 0.409 e. The first kappa shape index (κ1) is 16.6. The van der Waals surface area contributed by atoms with Gasteiger partial charge in [0.2, 0.25) is 0 Å². The summed E-state index contributed by atoms with van der Waals surface area (Å²) in [7, 11) is 0. The highest BCUT2D eigenvalue weighted by molar-refractivity contribution is 7.99. The summed E-state index contributed by atoms with van der Waals surface area (Å²) in [6, 6.07) is 1.54. The summed E-state index contributed by atoms with van der Waals surface area (Å²) in [5.74, 6) is 0.932. The van der Waals surface area contributed by atoms with Crippen LogP contribution in [0.5, 0.6) is 0 Å². The smallest absolute Gasteiger partial charge is 0.251 e. The molecule has 0 fully saturated rings. The fraction of sp³-hybridized carbons (Fsp3) is 0.615. The Morgan fingerprint density at radius 3 is 2.90 bits per heavy atom. The molecule has 0 aromatic carbocycles. The van der Waals surface area contributed by atoms with E-state index >= 15 is 0 Å². The molecule has 0 unspecified atom stereocenters. The van der Waals surface area contributed by atoms with Gasteiger partial charge in [0.05, 0.1) is 0 Å². The van der Waals surface area contributed by atoms with Gasteiger partial charge in [0.15, 0.2) is 5.16 Å². The Hall–Kier alpha value is -1.50. The topological polar surface area (TPSA) is 104 Å². The number of nitrogens with two attached hydrogens (primary N) is 1. The van der Waals surface area contributed by atoms with Crippen LogP contribution in [0, 0.1) is 5.41 Å². The normalized spacial score (nSPS) is 12.7. The monoisotopic (exact) mass is 298 g/mol. The minimum atomic E-state index is -0.386. The minimum Gasteiger partial charge on any atom is -0.409 e. The number of H-pyrrole nitrogens is 1. The molecule has 0 aliphatic rings. The lowest BCUT2D eigenvalue weighted by molar-refractivity contribution is 0.307. The number of rotatable bonds is 7. The first-order chi connectivity index (χ1) is 9.39. The average molecular weight is 298 g/mol. The van der Waals surface area contributed by atoms with Crippen molar-refractivity contribution < 1.29 is 5.21 Å². The first-order valence-corrected chi connectivity index (χ1v) is 7.58. The number of nitrogens with zero attached hydrogens (tertiary/aromatic N) is 2. The van der Waals surface area contributed by atoms with Gasteiger partial charge < -0.3 is 15.9 Å². The quantitative estimate of drug-likeness (QED) is 0.178. The Kier molecular flexibility index (Phi) is 6.06. The third-order valence-electron chi connectivity index (χ3n) is 3.05. The van der Waals surface area contributed by atoms with E-state index in [2.05, 4.69) is 22.0 Å². The van der Waals surface area contributed by atoms with Crippen LogP contribution in [0.25, 0.3) is 0 Å².